The number of benzene rings is 1. The highest BCUT2D eigenvalue weighted by molar-refractivity contribution is 5.90. The minimum atomic E-state index is -0.519. The van der Waals surface area contributed by atoms with Gasteiger partial charge in [-0.1, -0.05) is 6.08 Å². The molecule has 2 aliphatic rings. The maximum absolute atomic E-state index is 11.5. The first kappa shape index (κ1) is 22.5. The lowest BCUT2D eigenvalue weighted by Crippen LogP contribution is -2.56. The van der Waals surface area contributed by atoms with Crippen molar-refractivity contribution in [3.05, 3.63) is 64.7 Å². The van der Waals surface area contributed by atoms with E-state index in [9.17, 15) is 10.1 Å². The number of nitrogens with zero attached hydrogens (tertiary/aromatic N) is 3. The molecule has 3 heterocycles. The molecule has 3 aromatic rings. The summed E-state index contributed by atoms with van der Waals surface area (Å²) in [5, 5.41) is 10.3. The van der Waals surface area contributed by atoms with Gasteiger partial charge in [-0.15, -0.1) is 0 Å². The molecule has 1 atom stereocenters. The highest BCUT2D eigenvalue weighted by Gasteiger charge is 2.35. The van der Waals surface area contributed by atoms with Crippen molar-refractivity contribution in [1.29, 1.82) is 5.26 Å². The van der Waals surface area contributed by atoms with Gasteiger partial charge >= 0.3 is 0 Å². The third-order valence-electron chi connectivity index (χ3n) is 7.39. The van der Waals surface area contributed by atoms with E-state index in [1.54, 1.807) is 6.07 Å². The fraction of sp³-hybridized carbons (Fsp3) is 0.407. The predicted molar refractivity (Wildman–Crippen MR) is 132 cm³/mol. The van der Waals surface area contributed by atoms with Gasteiger partial charge in [-0.25, -0.2) is 0 Å². The Morgan fingerprint density at radius 1 is 1.24 bits per heavy atom. The number of hydrogen-bond donors (Lipinski definition) is 2. The molecule has 0 saturated carbocycles. The zero-order chi connectivity index (χ0) is 23.7. The molecule has 1 aliphatic carbocycles. The van der Waals surface area contributed by atoms with Gasteiger partial charge in [0.2, 0.25) is 0 Å². The van der Waals surface area contributed by atoms with E-state index >= 15 is 0 Å². The highest BCUT2D eigenvalue weighted by Crippen LogP contribution is 2.33. The molecular weight excluding hydrogens is 426 g/mol. The van der Waals surface area contributed by atoms with E-state index in [-0.39, 0.29) is 11.3 Å². The molecule has 1 aliphatic heterocycles. The van der Waals surface area contributed by atoms with Gasteiger partial charge in [-0.3, -0.25) is 9.69 Å². The molecule has 1 fully saturated rings. The number of aryl methyl sites for hydroxylation is 1. The lowest BCUT2D eigenvalue weighted by Gasteiger charge is -2.45. The molecule has 1 aromatic carbocycles. The van der Waals surface area contributed by atoms with Gasteiger partial charge in [0.25, 0.3) is 5.91 Å². The van der Waals surface area contributed by atoms with E-state index in [0.717, 1.165) is 75.2 Å². The minimum Gasteiger partial charge on any atom is -0.451 e. The van der Waals surface area contributed by atoms with Crippen molar-refractivity contribution in [3.63, 3.8) is 0 Å². The minimum absolute atomic E-state index is 0.0739. The third-order valence-corrected chi connectivity index (χ3v) is 7.39. The number of carbonyl (C=O) groups is 1. The number of piperazine rings is 1. The van der Waals surface area contributed by atoms with Crippen LogP contribution in [0.4, 0.5) is 0 Å². The average molecular weight is 458 g/mol. The van der Waals surface area contributed by atoms with Crippen molar-refractivity contribution >= 4 is 22.9 Å². The number of carbonyl (C=O) groups excluding carboxylic acids is 1. The number of nitrogens with one attached hydrogen (secondary N) is 1. The number of hydrogen-bond acceptors (Lipinski definition) is 5. The Hall–Kier alpha value is -3.34. The van der Waals surface area contributed by atoms with Crippen molar-refractivity contribution < 1.29 is 9.21 Å². The van der Waals surface area contributed by atoms with Gasteiger partial charge in [0.1, 0.15) is 5.76 Å². The van der Waals surface area contributed by atoms with Gasteiger partial charge < -0.3 is 20.0 Å². The second kappa shape index (κ2) is 9.13. The summed E-state index contributed by atoms with van der Waals surface area (Å²) >= 11 is 0. The Morgan fingerprint density at radius 2 is 2.06 bits per heavy atom. The first-order chi connectivity index (χ1) is 16.4. The molecular formula is C27H31N5O2. The van der Waals surface area contributed by atoms with E-state index in [1.165, 1.54) is 10.9 Å². The van der Waals surface area contributed by atoms with Crippen LogP contribution in [0.2, 0.25) is 0 Å². The molecule has 3 N–H and O–H groups in total. The summed E-state index contributed by atoms with van der Waals surface area (Å²) in [5.74, 6) is 0.473. The van der Waals surface area contributed by atoms with Crippen LogP contribution in [0.15, 0.2) is 41.0 Å². The Kier molecular flexibility index (Phi) is 6.03. The first-order valence-corrected chi connectivity index (χ1v) is 12.0. The number of amides is 1. The lowest BCUT2D eigenvalue weighted by molar-refractivity contribution is 0.0665. The summed E-state index contributed by atoms with van der Waals surface area (Å²) in [7, 11) is 0. The molecule has 1 unspecified atom stereocenters. The molecule has 34 heavy (non-hydrogen) atoms. The van der Waals surface area contributed by atoms with Gasteiger partial charge in [0, 0.05) is 54.4 Å². The number of nitrogens with two attached hydrogens (primary N) is 1. The van der Waals surface area contributed by atoms with Gasteiger partial charge in [-0.05, 0) is 75.1 Å². The van der Waals surface area contributed by atoms with E-state index in [1.807, 2.05) is 24.3 Å². The second-order valence-electron chi connectivity index (χ2n) is 9.70. The Labute approximate surface area is 199 Å². The quantitative estimate of drug-likeness (QED) is 0.527. The molecule has 176 valence electrons. The SMILES string of the molecule is CC1(N2CCN(CCCCc3c[nH]c4ccc(C#N)cc34)CC2)C=Cc2oc(C(N)=O)cc2C1. The van der Waals surface area contributed by atoms with E-state index in [0.29, 0.717) is 5.56 Å². The number of H-pyrrole nitrogens is 1. The van der Waals surface area contributed by atoms with E-state index in [4.69, 9.17) is 10.2 Å². The number of unbranched alkanes of at least 4 members (excludes halogenated alkanes) is 1. The van der Waals surface area contributed by atoms with E-state index in [2.05, 4.69) is 40.0 Å². The average Bonchev–Trinajstić information content (AvgIpc) is 3.45. The lowest BCUT2D eigenvalue weighted by atomic mass is 9.86. The molecule has 0 radical (unpaired) electrons. The van der Waals surface area contributed by atoms with Crippen molar-refractivity contribution in [2.24, 2.45) is 5.73 Å². The van der Waals surface area contributed by atoms with Crippen LogP contribution in [0.3, 0.4) is 0 Å². The van der Waals surface area contributed by atoms with Crippen molar-refractivity contribution in [2.75, 3.05) is 32.7 Å². The number of nitriles is 1. The molecule has 1 amide bonds. The van der Waals surface area contributed by atoms with Crippen LogP contribution >= 0.6 is 0 Å². The number of aromatic amines is 1. The fourth-order valence-electron chi connectivity index (χ4n) is 5.35. The summed E-state index contributed by atoms with van der Waals surface area (Å²) in [5.41, 5.74) is 9.47. The first-order valence-electron chi connectivity index (χ1n) is 12.0. The molecule has 0 spiro atoms. The Morgan fingerprint density at radius 3 is 2.82 bits per heavy atom. The largest absolute Gasteiger partial charge is 0.451 e. The maximum Gasteiger partial charge on any atom is 0.284 e. The third kappa shape index (κ3) is 4.39. The molecule has 2 aromatic heterocycles. The van der Waals surface area contributed by atoms with Crippen LogP contribution in [0.1, 0.15) is 52.8 Å². The maximum atomic E-state index is 11.5. The summed E-state index contributed by atoms with van der Waals surface area (Å²) in [6.07, 6.45) is 10.4. The molecule has 5 rings (SSSR count). The molecule has 7 heteroatoms. The normalized spacial score (nSPS) is 20.9. The summed E-state index contributed by atoms with van der Waals surface area (Å²) in [4.78, 5) is 19.9. The van der Waals surface area contributed by atoms with E-state index < -0.39 is 5.91 Å². The summed E-state index contributed by atoms with van der Waals surface area (Å²) in [6, 6.07) is 9.87. The predicted octanol–water partition coefficient (Wildman–Crippen LogP) is 3.70. The van der Waals surface area contributed by atoms with Crippen LogP contribution in [-0.2, 0) is 12.8 Å². The van der Waals surface area contributed by atoms with Crippen molar-refractivity contribution in [3.8, 4) is 6.07 Å². The topological polar surface area (TPSA) is 102 Å². The van der Waals surface area contributed by atoms with Gasteiger partial charge in [0.15, 0.2) is 5.76 Å². The highest BCUT2D eigenvalue weighted by atomic mass is 16.3. The van der Waals surface area contributed by atoms with Gasteiger partial charge in [0.05, 0.1) is 11.6 Å². The zero-order valence-electron chi connectivity index (χ0n) is 19.6. The summed E-state index contributed by atoms with van der Waals surface area (Å²) in [6.45, 7) is 7.55. The molecule has 0 bridgehead atoms. The molecule has 7 nitrogen and oxygen atoms in total. The van der Waals surface area contributed by atoms with Crippen molar-refractivity contribution in [1.82, 2.24) is 14.8 Å². The number of aromatic nitrogens is 1. The van der Waals surface area contributed by atoms with Crippen LogP contribution in [-0.4, -0.2) is 59.0 Å². The number of primary amides is 1. The monoisotopic (exact) mass is 457 g/mol. The number of fused-ring (bicyclic) bond motifs is 2. The standard InChI is InChI=1S/C27H31N5O2/c1-27(8-7-24-21(16-27)15-25(34-24)26(29)33)32-12-10-31(11-13-32)9-3-2-4-20-18-30-23-6-5-19(17-28)14-22(20)23/h5-8,14-15,18,30H,2-4,9-13,16H2,1H3,(H2,29,33). The zero-order valence-corrected chi connectivity index (χ0v) is 19.6. The number of furan rings is 1. The van der Waals surface area contributed by atoms with Crippen LogP contribution < -0.4 is 5.73 Å². The van der Waals surface area contributed by atoms with Crippen LogP contribution in [0, 0.1) is 11.3 Å². The van der Waals surface area contributed by atoms with Crippen molar-refractivity contribution in [2.45, 2.75) is 38.1 Å². The fourth-order valence-corrected chi connectivity index (χ4v) is 5.35. The molecule has 1 saturated heterocycles. The van der Waals surface area contributed by atoms with Crippen LogP contribution in [0.5, 0.6) is 0 Å². The van der Waals surface area contributed by atoms with Gasteiger partial charge in [-0.2, -0.15) is 5.26 Å². The van der Waals surface area contributed by atoms with Crippen LogP contribution in [0.25, 0.3) is 17.0 Å². The Bertz CT molecular complexity index is 1270. The smallest absolute Gasteiger partial charge is 0.284 e. The summed E-state index contributed by atoms with van der Waals surface area (Å²) < 4.78 is 5.58. The number of rotatable bonds is 7. The Balaban J connectivity index is 1.09. The second-order valence-corrected chi connectivity index (χ2v) is 9.70.